The lowest BCUT2D eigenvalue weighted by atomic mass is 10.1. The molecular formula is C20H23NO5. The van der Waals surface area contributed by atoms with Gasteiger partial charge in [0.25, 0.3) is 5.91 Å². The van der Waals surface area contributed by atoms with E-state index in [0.29, 0.717) is 17.9 Å². The van der Waals surface area contributed by atoms with Gasteiger partial charge in [-0.1, -0.05) is 12.1 Å². The maximum atomic E-state index is 12.0. The lowest BCUT2D eigenvalue weighted by Gasteiger charge is -2.15. The highest BCUT2D eigenvalue weighted by Crippen LogP contribution is 2.17. The predicted molar refractivity (Wildman–Crippen MR) is 97.4 cm³/mol. The molecule has 0 aliphatic carbocycles. The molecule has 2 rings (SSSR count). The number of hydrogen-bond acceptors (Lipinski definition) is 5. The molecule has 2 aromatic rings. The van der Waals surface area contributed by atoms with E-state index in [1.54, 1.807) is 31.4 Å². The second kappa shape index (κ2) is 9.46. The van der Waals surface area contributed by atoms with Crippen LogP contribution in [0.2, 0.25) is 0 Å². The summed E-state index contributed by atoms with van der Waals surface area (Å²) in [4.78, 5) is 24.0. The van der Waals surface area contributed by atoms with Crippen molar-refractivity contribution < 1.29 is 23.8 Å². The first-order valence-corrected chi connectivity index (χ1v) is 8.36. The van der Waals surface area contributed by atoms with Crippen molar-refractivity contribution in [2.45, 2.75) is 19.9 Å². The number of ether oxygens (including phenoxy) is 3. The predicted octanol–water partition coefficient (Wildman–Crippen LogP) is 3.13. The monoisotopic (exact) mass is 357 g/mol. The van der Waals surface area contributed by atoms with Crippen LogP contribution in [0.3, 0.4) is 0 Å². The maximum absolute atomic E-state index is 12.0. The Balaban J connectivity index is 1.82. The first kappa shape index (κ1) is 19.3. The van der Waals surface area contributed by atoms with E-state index in [9.17, 15) is 9.59 Å². The molecule has 138 valence electrons. The van der Waals surface area contributed by atoms with Crippen LogP contribution < -0.4 is 14.8 Å². The third kappa shape index (κ3) is 5.51. The van der Waals surface area contributed by atoms with Crippen LogP contribution in [0.4, 0.5) is 0 Å². The lowest BCUT2D eigenvalue weighted by Crippen LogP contribution is -2.31. The molecule has 2 aromatic carbocycles. The second-order valence-corrected chi connectivity index (χ2v) is 5.60. The Morgan fingerprint density at radius 2 is 1.62 bits per heavy atom. The van der Waals surface area contributed by atoms with Gasteiger partial charge in [-0.25, -0.2) is 4.79 Å². The molecule has 6 heteroatoms. The number of carbonyl (C=O) groups is 2. The topological polar surface area (TPSA) is 73.9 Å². The minimum absolute atomic E-state index is 0.211. The number of rotatable bonds is 8. The zero-order valence-electron chi connectivity index (χ0n) is 15.2. The van der Waals surface area contributed by atoms with Gasteiger partial charge in [0.05, 0.1) is 25.3 Å². The molecule has 0 unspecified atom stereocenters. The minimum atomic E-state index is -0.555. The summed E-state index contributed by atoms with van der Waals surface area (Å²) in [5, 5.41) is 2.79. The summed E-state index contributed by atoms with van der Waals surface area (Å²) in [7, 11) is 1.60. The number of amides is 1. The van der Waals surface area contributed by atoms with Gasteiger partial charge in [0.15, 0.2) is 6.61 Å². The van der Waals surface area contributed by atoms with E-state index >= 15 is 0 Å². The average molecular weight is 357 g/mol. The second-order valence-electron chi connectivity index (χ2n) is 5.60. The summed E-state index contributed by atoms with van der Waals surface area (Å²) in [6.07, 6.45) is 0. The zero-order valence-corrected chi connectivity index (χ0v) is 15.2. The highest BCUT2D eigenvalue weighted by Gasteiger charge is 2.13. The largest absolute Gasteiger partial charge is 0.497 e. The molecule has 0 heterocycles. The number of hydrogen-bond donors (Lipinski definition) is 1. The summed E-state index contributed by atoms with van der Waals surface area (Å²) in [6, 6.07) is 13.8. The SMILES string of the molecule is CCOc1ccc(C(=O)OCC(=O)N[C@H](C)c2ccc(OC)cc2)cc1. The number of carbonyl (C=O) groups excluding carboxylic acids is 2. The number of nitrogens with one attached hydrogen (secondary N) is 1. The summed E-state index contributed by atoms with van der Waals surface area (Å²) >= 11 is 0. The Morgan fingerprint density at radius 1 is 1.00 bits per heavy atom. The molecule has 0 aliphatic heterocycles. The van der Waals surface area contributed by atoms with Crippen molar-refractivity contribution in [3.05, 3.63) is 59.7 Å². The van der Waals surface area contributed by atoms with Gasteiger partial charge in [-0.2, -0.15) is 0 Å². The molecule has 1 N–H and O–H groups in total. The molecule has 0 fully saturated rings. The lowest BCUT2D eigenvalue weighted by molar-refractivity contribution is -0.124. The molecule has 6 nitrogen and oxygen atoms in total. The Morgan fingerprint density at radius 3 is 2.19 bits per heavy atom. The molecule has 0 radical (unpaired) electrons. The van der Waals surface area contributed by atoms with Gasteiger partial charge in [-0.15, -0.1) is 0 Å². The van der Waals surface area contributed by atoms with Crippen molar-refractivity contribution >= 4 is 11.9 Å². The van der Waals surface area contributed by atoms with E-state index in [2.05, 4.69) is 5.32 Å². The summed E-state index contributed by atoms with van der Waals surface area (Å²) < 4.78 is 15.5. The molecule has 0 saturated heterocycles. The average Bonchev–Trinajstić information content (AvgIpc) is 2.67. The van der Waals surface area contributed by atoms with E-state index in [4.69, 9.17) is 14.2 Å². The van der Waals surface area contributed by atoms with Crippen LogP contribution in [-0.2, 0) is 9.53 Å². The van der Waals surface area contributed by atoms with Crippen molar-refractivity contribution in [3.63, 3.8) is 0 Å². The molecule has 0 saturated carbocycles. The van der Waals surface area contributed by atoms with Crippen molar-refractivity contribution in [1.29, 1.82) is 0 Å². The van der Waals surface area contributed by atoms with Gasteiger partial charge >= 0.3 is 5.97 Å². The molecule has 0 aromatic heterocycles. The molecule has 0 spiro atoms. The summed E-state index contributed by atoms with van der Waals surface area (Å²) in [5.41, 5.74) is 1.29. The molecule has 26 heavy (non-hydrogen) atoms. The summed E-state index contributed by atoms with van der Waals surface area (Å²) in [6.45, 7) is 3.95. The van der Waals surface area contributed by atoms with Crippen LogP contribution >= 0.6 is 0 Å². The van der Waals surface area contributed by atoms with E-state index in [1.807, 2.05) is 38.1 Å². The summed E-state index contributed by atoms with van der Waals surface area (Å²) in [5.74, 6) is 0.500. The Kier molecular flexibility index (Phi) is 7.02. The number of esters is 1. The van der Waals surface area contributed by atoms with E-state index in [0.717, 1.165) is 11.3 Å². The molecular weight excluding hydrogens is 334 g/mol. The van der Waals surface area contributed by atoms with Crippen LogP contribution in [0.5, 0.6) is 11.5 Å². The van der Waals surface area contributed by atoms with E-state index in [-0.39, 0.29) is 18.6 Å². The van der Waals surface area contributed by atoms with Crippen molar-refractivity contribution in [3.8, 4) is 11.5 Å². The quantitative estimate of drug-likeness (QED) is 0.735. The first-order valence-electron chi connectivity index (χ1n) is 8.36. The highest BCUT2D eigenvalue weighted by atomic mass is 16.5. The van der Waals surface area contributed by atoms with Crippen molar-refractivity contribution in [2.24, 2.45) is 0 Å². The van der Waals surface area contributed by atoms with Gasteiger partial charge in [-0.05, 0) is 55.8 Å². The molecule has 1 atom stereocenters. The third-order valence-electron chi connectivity index (χ3n) is 3.73. The maximum Gasteiger partial charge on any atom is 0.338 e. The smallest absolute Gasteiger partial charge is 0.338 e. The Hall–Kier alpha value is -3.02. The Labute approximate surface area is 153 Å². The fourth-order valence-corrected chi connectivity index (χ4v) is 2.33. The van der Waals surface area contributed by atoms with Gasteiger partial charge in [0.2, 0.25) is 0 Å². The highest BCUT2D eigenvalue weighted by molar-refractivity contribution is 5.91. The molecule has 0 aliphatic rings. The van der Waals surface area contributed by atoms with Gasteiger partial charge in [0.1, 0.15) is 11.5 Å². The van der Waals surface area contributed by atoms with Gasteiger partial charge < -0.3 is 19.5 Å². The Bertz CT molecular complexity index is 725. The fourth-order valence-electron chi connectivity index (χ4n) is 2.33. The minimum Gasteiger partial charge on any atom is -0.497 e. The first-order chi connectivity index (χ1) is 12.5. The van der Waals surface area contributed by atoms with Gasteiger partial charge in [0, 0.05) is 0 Å². The molecule has 1 amide bonds. The number of benzene rings is 2. The fraction of sp³-hybridized carbons (Fsp3) is 0.300. The standard InChI is InChI=1S/C20H23NO5/c1-4-25-18-11-7-16(8-12-18)20(23)26-13-19(22)21-14(2)15-5-9-17(24-3)10-6-15/h5-12,14H,4,13H2,1-3H3,(H,21,22)/t14-/m1/s1. The normalized spacial score (nSPS) is 11.3. The third-order valence-corrected chi connectivity index (χ3v) is 3.73. The van der Waals surface area contributed by atoms with Crippen LogP contribution in [0, 0.1) is 0 Å². The number of methoxy groups -OCH3 is 1. The van der Waals surface area contributed by atoms with Crippen LogP contribution in [0.25, 0.3) is 0 Å². The van der Waals surface area contributed by atoms with Crippen LogP contribution in [0.15, 0.2) is 48.5 Å². The van der Waals surface area contributed by atoms with Crippen LogP contribution in [0.1, 0.15) is 35.8 Å². The molecule has 0 bridgehead atoms. The van der Waals surface area contributed by atoms with Crippen molar-refractivity contribution in [2.75, 3.05) is 20.3 Å². The van der Waals surface area contributed by atoms with Gasteiger partial charge in [-0.3, -0.25) is 4.79 Å². The van der Waals surface area contributed by atoms with E-state index < -0.39 is 5.97 Å². The van der Waals surface area contributed by atoms with E-state index in [1.165, 1.54) is 0 Å². The van der Waals surface area contributed by atoms with Crippen molar-refractivity contribution in [1.82, 2.24) is 5.32 Å². The van der Waals surface area contributed by atoms with Crippen LogP contribution in [-0.4, -0.2) is 32.2 Å². The zero-order chi connectivity index (χ0) is 18.9.